The zero-order chi connectivity index (χ0) is 18.2. The second-order valence-corrected chi connectivity index (χ2v) is 6.43. The van der Waals surface area contributed by atoms with Crippen LogP contribution in [0.3, 0.4) is 0 Å². The van der Waals surface area contributed by atoms with Crippen molar-refractivity contribution in [1.29, 1.82) is 0 Å². The standard InChI is InChI=1S/C20H21ClFN3O.ClH/c21-18-4-7-20(26-14-16-2-5-19(22)6-3-16)17(12-18)13-23-8-1-10-25-11-9-24-15-25;/h2-7,9,11-12,15,23H,1,8,10,13-14H2;1H. The van der Waals surface area contributed by atoms with Gasteiger partial charge in [0.1, 0.15) is 18.2 Å². The van der Waals surface area contributed by atoms with E-state index in [4.69, 9.17) is 16.3 Å². The number of halogens is 3. The Labute approximate surface area is 169 Å². The van der Waals surface area contributed by atoms with E-state index in [2.05, 4.69) is 14.9 Å². The third-order valence-electron chi connectivity index (χ3n) is 3.97. The quantitative estimate of drug-likeness (QED) is 0.513. The minimum Gasteiger partial charge on any atom is -0.489 e. The topological polar surface area (TPSA) is 39.1 Å². The summed E-state index contributed by atoms with van der Waals surface area (Å²) >= 11 is 6.12. The molecule has 1 heterocycles. The van der Waals surface area contributed by atoms with Gasteiger partial charge in [-0.3, -0.25) is 0 Å². The lowest BCUT2D eigenvalue weighted by atomic mass is 10.2. The Morgan fingerprint density at radius 3 is 2.70 bits per heavy atom. The first-order valence-corrected chi connectivity index (χ1v) is 8.90. The zero-order valence-corrected chi connectivity index (χ0v) is 16.3. The van der Waals surface area contributed by atoms with Crippen molar-refractivity contribution in [2.75, 3.05) is 6.54 Å². The number of rotatable bonds is 9. The lowest BCUT2D eigenvalue weighted by Gasteiger charge is -2.13. The molecular formula is C20H22Cl2FN3O. The average Bonchev–Trinajstić information content (AvgIpc) is 3.15. The van der Waals surface area contributed by atoms with Gasteiger partial charge in [0, 0.05) is 36.1 Å². The number of nitrogens with one attached hydrogen (secondary N) is 1. The summed E-state index contributed by atoms with van der Waals surface area (Å²) in [7, 11) is 0. The van der Waals surface area contributed by atoms with Gasteiger partial charge in [-0.2, -0.15) is 0 Å². The molecule has 27 heavy (non-hydrogen) atoms. The fourth-order valence-corrected chi connectivity index (χ4v) is 2.79. The highest BCUT2D eigenvalue weighted by molar-refractivity contribution is 6.30. The van der Waals surface area contributed by atoms with Crippen LogP contribution in [0.2, 0.25) is 5.02 Å². The van der Waals surface area contributed by atoms with Crippen LogP contribution in [0.1, 0.15) is 17.5 Å². The Balaban J connectivity index is 0.00000261. The number of nitrogens with zero attached hydrogens (tertiary/aromatic N) is 2. The van der Waals surface area contributed by atoms with E-state index in [9.17, 15) is 4.39 Å². The number of hydrogen-bond donors (Lipinski definition) is 1. The summed E-state index contributed by atoms with van der Waals surface area (Å²) in [6, 6.07) is 11.9. The molecule has 0 saturated carbocycles. The van der Waals surface area contributed by atoms with Gasteiger partial charge in [0.05, 0.1) is 6.33 Å². The van der Waals surface area contributed by atoms with E-state index < -0.39 is 0 Å². The molecule has 3 aromatic rings. The highest BCUT2D eigenvalue weighted by Gasteiger charge is 2.06. The molecule has 0 bridgehead atoms. The molecule has 0 amide bonds. The third-order valence-corrected chi connectivity index (χ3v) is 4.21. The van der Waals surface area contributed by atoms with Crippen molar-refractivity contribution in [3.8, 4) is 5.75 Å². The second kappa shape index (κ2) is 10.9. The number of ether oxygens (including phenoxy) is 1. The summed E-state index contributed by atoms with van der Waals surface area (Å²) in [4.78, 5) is 4.03. The molecule has 0 aliphatic rings. The molecule has 0 radical (unpaired) electrons. The number of hydrogen-bond acceptors (Lipinski definition) is 3. The first kappa shape index (κ1) is 21.2. The Bertz CT molecular complexity index is 811. The molecule has 0 unspecified atom stereocenters. The fourth-order valence-electron chi connectivity index (χ4n) is 2.60. The predicted molar refractivity (Wildman–Crippen MR) is 108 cm³/mol. The van der Waals surface area contributed by atoms with Gasteiger partial charge in [-0.25, -0.2) is 9.37 Å². The summed E-state index contributed by atoms with van der Waals surface area (Å²) in [6.07, 6.45) is 6.56. The summed E-state index contributed by atoms with van der Waals surface area (Å²) in [5.41, 5.74) is 1.92. The van der Waals surface area contributed by atoms with E-state index in [1.807, 2.05) is 30.7 Å². The molecular weight excluding hydrogens is 388 g/mol. The van der Waals surface area contributed by atoms with Crippen molar-refractivity contribution in [3.05, 3.63) is 83.2 Å². The minimum atomic E-state index is -0.249. The number of benzene rings is 2. The summed E-state index contributed by atoms with van der Waals surface area (Å²) in [6.45, 7) is 2.86. The van der Waals surface area contributed by atoms with Crippen LogP contribution in [0, 0.1) is 5.82 Å². The summed E-state index contributed by atoms with van der Waals surface area (Å²) in [5, 5.41) is 4.09. The molecule has 0 spiro atoms. The predicted octanol–water partition coefficient (Wildman–Crippen LogP) is 4.86. The largest absolute Gasteiger partial charge is 0.489 e. The maximum Gasteiger partial charge on any atom is 0.124 e. The van der Waals surface area contributed by atoms with Crippen molar-refractivity contribution < 1.29 is 9.13 Å². The highest BCUT2D eigenvalue weighted by atomic mass is 35.5. The maximum absolute atomic E-state index is 13.0. The molecule has 0 atom stereocenters. The lowest BCUT2D eigenvalue weighted by Crippen LogP contribution is -2.17. The third kappa shape index (κ3) is 6.86. The monoisotopic (exact) mass is 409 g/mol. The normalized spacial score (nSPS) is 10.4. The van der Waals surface area contributed by atoms with Crippen molar-refractivity contribution in [3.63, 3.8) is 0 Å². The first-order valence-electron chi connectivity index (χ1n) is 8.53. The second-order valence-electron chi connectivity index (χ2n) is 6.00. The molecule has 144 valence electrons. The SMILES string of the molecule is Cl.Fc1ccc(COc2ccc(Cl)cc2CNCCCn2ccnc2)cc1. The van der Waals surface area contributed by atoms with Gasteiger partial charge in [0.2, 0.25) is 0 Å². The van der Waals surface area contributed by atoms with E-state index in [0.717, 1.165) is 36.4 Å². The number of imidazole rings is 1. The van der Waals surface area contributed by atoms with Gasteiger partial charge in [-0.15, -0.1) is 12.4 Å². The van der Waals surface area contributed by atoms with E-state index in [1.165, 1.54) is 12.1 Å². The highest BCUT2D eigenvalue weighted by Crippen LogP contribution is 2.24. The van der Waals surface area contributed by atoms with E-state index >= 15 is 0 Å². The van der Waals surface area contributed by atoms with Crippen molar-refractivity contribution in [1.82, 2.24) is 14.9 Å². The molecule has 7 heteroatoms. The van der Waals surface area contributed by atoms with E-state index in [0.29, 0.717) is 18.2 Å². The Morgan fingerprint density at radius 1 is 1.15 bits per heavy atom. The van der Waals surface area contributed by atoms with Crippen LogP contribution < -0.4 is 10.1 Å². The van der Waals surface area contributed by atoms with Crippen LogP contribution in [-0.4, -0.2) is 16.1 Å². The van der Waals surface area contributed by atoms with Crippen LogP contribution in [0.4, 0.5) is 4.39 Å². The van der Waals surface area contributed by atoms with Gasteiger partial charge in [-0.05, 0) is 48.9 Å². The minimum absolute atomic E-state index is 0. The smallest absolute Gasteiger partial charge is 0.124 e. The van der Waals surface area contributed by atoms with Gasteiger partial charge >= 0.3 is 0 Å². The summed E-state index contributed by atoms with van der Waals surface area (Å²) < 4.78 is 20.9. The van der Waals surface area contributed by atoms with Crippen molar-refractivity contribution in [2.24, 2.45) is 0 Å². The molecule has 4 nitrogen and oxygen atoms in total. The molecule has 1 N–H and O–H groups in total. The van der Waals surface area contributed by atoms with Gasteiger partial charge < -0.3 is 14.6 Å². The zero-order valence-electron chi connectivity index (χ0n) is 14.8. The average molecular weight is 410 g/mol. The Kier molecular flexibility index (Phi) is 8.58. The fraction of sp³-hybridized carbons (Fsp3) is 0.250. The van der Waals surface area contributed by atoms with E-state index in [1.54, 1.807) is 18.3 Å². The Hall–Kier alpha value is -2.08. The van der Waals surface area contributed by atoms with Crippen molar-refractivity contribution >= 4 is 24.0 Å². The molecule has 0 aliphatic carbocycles. The first-order chi connectivity index (χ1) is 12.7. The summed E-state index contributed by atoms with van der Waals surface area (Å²) in [5.74, 6) is 0.529. The van der Waals surface area contributed by atoms with Crippen LogP contribution in [0.5, 0.6) is 5.75 Å². The molecule has 0 saturated heterocycles. The van der Waals surface area contributed by atoms with Crippen LogP contribution in [0.15, 0.2) is 61.2 Å². The maximum atomic E-state index is 13.0. The number of aryl methyl sites for hydroxylation is 1. The van der Waals surface area contributed by atoms with Crippen molar-refractivity contribution in [2.45, 2.75) is 26.1 Å². The lowest BCUT2D eigenvalue weighted by molar-refractivity contribution is 0.302. The van der Waals surface area contributed by atoms with Gasteiger partial charge in [-0.1, -0.05) is 23.7 Å². The molecule has 0 aliphatic heterocycles. The van der Waals surface area contributed by atoms with Gasteiger partial charge in [0.15, 0.2) is 0 Å². The van der Waals surface area contributed by atoms with Gasteiger partial charge in [0.25, 0.3) is 0 Å². The molecule has 3 rings (SSSR count). The molecule has 2 aromatic carbocycles. The van der Waals surface area contributed by atoms with Crippen LogP contribution in [-0.2, 0) is 19.7 Å². The van der Waals surface area contributed by atoms with Crippen LogP contribution in [0.25, 0.3) is 0 Å². The van der Waals surface area contributed by atoms with E-state index in [-0.39, 0.29) is 18.2 Å². The van der Waals surface area contributed by atoms with Crippen LogP contribution >= 0.6 is 24.0 Å². The number of aromatic nitrogens is 2. The Morgan fingerprint density at radius 2 is 1.96 bits per heavy atom. The molecule has 1 aromatic heterocycles. The molecule has 0 fully saturated rings.